The minimum absolute atomic E-state index is 0.171. The molecule has 176 valence electrons. The summed E-state index contributed by atoms with van der Waals surface area (Å²) in [5.74, 6) is 0.698. The minimum Gasteiger partial charge on any atom is -0.494 e. The van der Waals surface area contributed by atoms with Gasteiger partial charge in [-0.05, 0) is 68.7 Å². The van der Waals surface area contributed by atoms with Crippen LogP contribution in [0.3, 0.4) is 0 Å². The Kier molecular flexibility index (Phi) is 8.22. The van der Waals surface area contributed by atoms with E-state index in [2.05, 4.69) is 5.32 Å². The largest absolute Gasteiger partial charge is 0.494 e. The zero-order chi connectivity index (χ0) is 24.0. The van der Waals surface area contributed by atoms with Gasteiger partial charge in [0.05, 0.1) is 18.7 Å². The molecular formula is C25H29ClN2O5. The molecule has 7 nitrogen and oxygen atoms in total. The van der Waals surface area contributed by atoms with Crippen LogP contribution in [0, 0.1) is 13.8 Å². The molecule has 0 saturated carbocycles. The molecule has 1 N–H and O–H groups in total. The predicted octanol–water partition coefficient (Wildman–Crippen LogP) is 4.68. The molecule has 0 unspecified atom stereocenters. The number of carbonyl (C=O) groups is 2. The van der Waals surface area contributed by atoms with Crippen molar-refractivity contribution >= 4 is 34.4 Å². The highest BCUT2D eigenvalue weighted by Crippen LogP contribution is 2.27. The Morgan fingerprint density at radius 1 is 1.03 bits per heavy atom. The summed E-state index contributed by atoms with van der Waals surface area (Å²) in [6.07, 6.45) is 0.683. The van der Waals surface area contributed by atoms with Crippen molar-refractivity contribution in [2.45, 2.75) is 33.7 Å². The van der Waals surface area contributed by atoms with E-state index in [4.69, 9.17) is 25.8 Å². The SMILES string of the molecule is CCOC(=O)COc1ccc2cc(C(=O)NC)n(CCCOc3cc(C)c(Cl)c(C)c3)c2c1. The van der Waals surface area contributed by atoms with Gasteiger partial charge in [0.1, 0.15) is 17.2 Å². The van der Waals surface area contributed by atoms with Crippen molar-refractivity contribution < 1.29 is 23.8 Å². The normalized spacial score (nSPS) is 10.8. The molecule has 0 radical (unpaired) electrons. The highest BCUT2D eigenvalue weighted by Gasteiger charge is 2.16. The van der Waals surface area contributed by atoms with Crippen LogP contribution in [0.15, 0.2) is 36.4 Å². The van der Waals surface area contributed by atoms with Gasteiger partial charge in [-0.25, -0.2) is 4.79 Å². The number of hydrogen-bond acceptors (Lipinski definition) is 5. The summed E-state index contributed by atoms with van der Waals surface area (Å²) >= 11 is 6.23. The van der Waals surface area contributed by atoms with Crippen molar-refractivity contribution in [2.24, 2.45) is 0 Å². The fraction of sp³-hybridized carbons (Fsp3) is 0.360. The van der Waals surface area contributed by atoms with Crippen molar-refractivity contribution in [1.82, 2.24) is 9.88 Å². The Morgan fingerprint density at radius 3 is 2.42 bits per heavy atom. The van der Waals surface area contributed by atoms with Gasteiger partial charge < -0.3 is 24.1 Å². The molecule has 8 heteroatoms. The predicted molar refractivity (Wildman–Crippen MR) is 128 cm³/mol. The molecule has 0 spiro atoms. The average Bonchev–Trinajstić information content (AvgIpc) is 3.16. The van der Waals surface area contributed by atoms with Crippen LogP contribution in [0.5, 0.6) is 11.5 Å². The number of ether oxygens (including phenoxy) is 3. The highest BCUT2D eigenvalue weighted by atomic mass is 35.5. The number of carbonyl (C=O) groups excluding carboxylic acids is 2. The summed E-state index contributed by atoms with van der Waals surface area (Å²) in [6, 6.07) is 11.2. The third-order valence-electron chi connectivity index (χ3n) is 5.20. The number of rotatable bonds is 10. The first-order chi connectivity index (χ1) is 15.8. The molecule has 0 aliphatic rings. The maximum Gasteiger partial charge on any atom is 0.344 e. The topological polar surface area (TPSA) is 78.8 Å². The molecular weight excluding hydrogens is 444 g/mol. The molecule has 3 rings (SSSR count). The van der Waals surface area contributed by atoms with Crippen LogP contribution in [0.25, 0.3) is 10.9 Å². The standard InChI is InChI=1S/C25H29ClN2O5/c1-5-31-23(29)15-33-19-8-7-18-13-22(25(30)27-4)28(21(18)14-19)9-6-10-32-20-11-16(2)24(26)17(3)12-20/h7-8,11-14H,5-6,9-10,15H2,1-4H3,(H,27,30). The third kappa shape index (κ3) is 5.99. The maximum absolute atomic E-state index is 12.5. The Hall–Kier alpha value is -3.19. The lowest BCUT2D eigenvalue weighted by Crippen LogP contribution is -2.22. The van der Waals surface area contributed by atoms with Crippen LogP contribution in [-0.2, 0) is 16.1 Å². The molecule has 0 atom stereocenters. The maximum atomic E-state index is 12.5. The second-order valence-electron chi connectivity index (χ2n) is 7.65. The van der Waals surface area contributed by atoms with E-state index in [0.717, 1.165) is 32.8 Å². The molecule has 1 heterocycles. The van der Waals surface area contributed by atoms with E-state index < -0.39 is 5.97 Å². The van der Waals surface area contributed by atoms with E-state index in [-0.39, 0.29) is 12.5 Å². The van der Waals surface area contributed by atoms with Gasteiger partial charge in [-0.15, -0.1) is 0 Å². The number of hydrogen-bond donors (Lipinski definition) is 1. The van der Waals surface area contributed by atoms with E-state index in [1.807, 2.05) is 48.7 Å². The number of aromatic nitrogens is 1. The fourth-order valence-electron chi connectivity index (χ4n) is 3.63. The van der Waals surface area contributed by atoms with Crippen molar-refractivity contribution in [3.63, 3.8) is 0 Å². The minimum atomic E-state index is -0.427. The van der Waals surface area contributed by atoms with Crippen LogP contribution < -0.4 is 14.8 Å². The summed E-state index contributed by atoms with van der Waals surface area (Å²) in [7, 11) is 1.60. The first-order valence-electron chi connectivity index (χ1n) is 10.9. The van der Waals surface area contributed by atoms with Gasteiger partial charge in [-0.2, -0.15) is 0 Å². The number of benzene rings is 2. The quantitative estimate of drug-likeness (QED) is 0.342. The Morgan fingerprint density at radius 2 is 1.76 bits per heavy atom. The number of nitrogens with one attached hydrogen (secondary N) is 1. The van der Waals surface area contributed by atoms with E-state index in [1.165, 1.54) is 0 Å². The van der Waals surface area contributed by atoms with Gasteiger partial charge >= 0.3 is 5.97 Å². The second kappa shape index (κ2) is 11.1. The zero-order valence-corrected chi connectivity index (χ0v) is 20.1. The van der Waals surface area contributed by atoms with Crippen LogP contribution in [0.4, 0.5) is 0 Å². The van der Waals surface area contributed by atoms with Crippen LogP contribution in [0.2, 0.25) is 5.02 Å². The first kappa shape index (κ1) is 24.5. The molecule has 2 aromatic carbocycles. The molecule has 33 heavy (non-hydrogen) atoms. The molecule has 0 aliphatic heterocycles. The lowest BCUT2D eigenvalue weighted by Gasteiger charge is -2.13. The summed E-state index contributed by atoms with van der Waals surface area (Å²) in [5.41, 5.74) is 3.34. The lowest BCUT2D eigenvalue weighted by molar-refractivity contribution is -0.145. The Balaban J connectivity index is 1.75. The van der Waals surface area contributed by atoms with Crippen LogP contribution >= 0.6 is 11.6 Å². The number of halogens is 1. The molecule has 0 aliphatic carbocycles. The summed E-state index contributed by atoms with van der Waals surface area (Å²) in [4.78, 5) is 24.1. The van der Waals surface area contributed by atoms with Crippen molar-refractivity contribution in [1.29, 1.82) is 0 Å². The third-order valence-corrected chi connectivity index (χ3v) is 5.80. The average molecular weight is 473 g/mol. The molecule has 0 saturated heterocycles. The zero-order valence-electron chi connectivity index (χ0n) is 19.4. The number of esters is 1. The summed E-state index contributed by atoms with van der Waals surface area (Å²) in [6.45, 7) is 6.82. The van der Waals surface area contributed by atoms with E-state index in [9.17, 15) is 9.59 Å². The van der Waals surface area contributed by atoms with Crippen LogP contribution in [-0.4, -0.2) is 43.3 Å². The molecule has 0 bridgehead atoms. The molecule has 1 aromatic heterocycles. The molecule has 1 amide bonds. The second-order valence-corrected chi connectivity index (χ2v) is 8.03. The van der Waals surface area contributed by atoms with Gasteiger partial charge in [0, 0.05) is 30.1 Å². The van der Waals surface area contributed by atoms with Crippen molar-refractivity contribution in [2.75, 3.05) is 26.9 Å². The highest BCUT2D eigenvalue weighted by molar-refractivity contribution is 6.32. The Labute approximate surface area is 198 Å². The first-order valence-corrected chi connectivity index (χ1v) is 11.2. The fourth-order valence-corrected chi connectivity index (χ4v) is 3.74. The van der Waals surface area contributed by atoms with Gasteiger partial charge in [-0.3, -0.25) is 4.79 Å². The van der Waals surface area contributed by atoms with Gasteiger partial charge in [0.15, 0.2) is 6.61 Å². The number of aryl methyl sites for hydroxylation is 3. The number of fused-ring (bicyclic) bond motifs is 1. The van der Waals surface area contributed by atoms with E-state index >= 15 is 0 Å². The van der Waals surface area contributed by atoms with Gasteiger partial charge in [0.2, 0.25) is 0 Å². The van der Waals surface area contributed by atoms with Crippen molar-refractivity contribution in [3.05, 3.63) is 58.2 Å². The smallest absolute Gasteiger partial charge is 0.344 e. The number of amides is 1. The lowest BCUT2D eigenvalue weighted by atomic mass is 10.1. The van der Waals surface area contributed by atoms with E-state index in [1.54, 1.807) is 20.0 Å². The molecule has 0 fully saturated rings. The van der Waals surface area contributed by atoms with Crippen molar-refractivity contribution in [3.8, 4) is 11.5 Å². The Bertz CT molecular complexity index is 1130. The van der Waals surface area contributed by atoms with E-state index in [0.29, 0.717) is 37.6 Å². The van der Waals surface area contributed by atoms with Gasteiger partial charge in [-0.1, -0.05) is 11.6 Å². The summed E-state index contributed by atoms with van der Waals surface area (Å²) in [5, 5.41) is 4.34. The molecule has 3 aromatic rings. The monoisotopic (exact) mass is 472 g/mol. The van der Waals surface area contributed by atoms with Gasteiger partial charge in [0.25, 0.3) is 5.91 Å². The summed E-state index contributed by atoms with van der Waals surface area (Å²) < 4.78 is 18.3. The van der Waals surface area contributed by atoms with Crippen LogP contribution in [0.1, 0.15) is 35.0 Å². The number of nitrogens with zero attached hydrogens (tertiary/aromatic N) is 1.